The Morgan fingerprint density at radius 3 is 2.93 bits per heavy atom. The summed E-state index contributed by atoms with van der Waals surface area (Å²) in [5.74, 6) is 0.669. The van der Waals surface area contributed by atoms with Gasteiger partial charge in [0, 0.05) is 20.0 Å². The zero-order valence-corrected chi connectivity index (χ0v) is 8.65. The molecule has 6 heteroatoms. The van der Waals surface area contributed by atoms with E-state index in [-0.39, 0.29) is 12.1 Å². The second-order valence-electron chi connectivity index (χ2n) is 3.44. The van der Waals surface area contributed by atoms with Gasteiger partial charge in [0.2, 0.25) is 0 Å². The Morgan fingerprint density at radius 2 is 2.27 bits per heavy atom. The maximum atomic E-state index is 11.6. The summed E-state index contributed by atoms with van der Waals surface area (Å²) in [6, 6.07) is 0. The van der Waals surface area contributed by atoms with Crippen LogP contribution in [0.4, 0.5) is 4.79 Å². The molecule has 0 N–H and O–H groups in total. The van der Waals surface area contributed by atoms with Crippen molar-refractivity contribution in [3.05, 3.63) is 21.7 Å². The number of fused-ring (bicyclic) bond motifs is 1. The van der Waals surface area contributed by atoms with Crippen LogP contribution in [0.15, 0.2) is 9.32 Å². The molecule has 1 aliphatic heterocycles. The number of nitrogens with zero attached hydrogens (tertiary/aromatic N) is 2. The van der Waals surface area contributed by atoms with Crippen molar-refractivity contribution in [1.82, 2.24) is 9.64 Å². The minimum absolute atomic E-state index is 0.182. The third kappa shape index (κ3) is 1.51. The Labute approximate surface area is 86.0 Å². The molecule has 0 saturated carbocycles. The molecule has 1 amide bonds. The van der Waals surface area contributed by atoms with Crippen LogP contribution in [-0.4, -0.2) is 29.4 Å². The Balaban J connectivity index is 2.30. The van der Waals surface area contributed by atoms with Crippen LogP contribution >= 0.6 is 0 Å². The molecule has 1 aromatic heterocycles. The van der Waals surface area contributed by atoms with Crippen LogP contribution < -0.4 is 5.56 Å². The number of aromatic nitrogens is 1. The number of methoxy groups -OCH3 is 1. The van der Waals surface area contributed by atoms with Gasteiger partial charge in [-0.15, -0.1) is 0 Å². The molecule has 0 unspecified atom stereocenters. The van der Waals surface area contributed by atoms with E-state index in [4.69, 9.17) is 4.52 Å². The van der Waals surface area contributed by atoms with Crippen molar-refractivity contribution >= 4 is 6.09 Å². The van der Waals surface area contributed by atoms with E-state index >= 15 is 0 Å². The lowest BCUT2D eigenvalue weighted by atomic mass is 10.1. The van der Waals surface area contributed by atoms with E-state index < -0.39 is 6.09 Å². The van der Waals surface area contributed by atoms with Crippen LogP contribution in [0.1, 0.15) is 11.3 Å². The highest BCUT2D eigenvalue weighted by Gasteiger charge is 2.27. The highest BCUT2D eigenvalue weighted by Crippen LogP contribution is 2.16. The van der Waals surface area contributed by atoms with Gasteiger partial charge in [0.1, 0.15) is 5.76 Å². The van der Waals surface area contributed by atoms with Crippen LogP contribution in [0, 0.1) is 0 Å². The SMILES string of the molecule is COC(=O)N1CCc2on(C)c(=O)c2C1. The van der Waals surface area contributed by atoms with E-state index in [1.807, 2.05) is 0 Å². The number of hydrogen-bond acceptors (Lipinski definition) is 4. The molecule has 0 aromatic carbocycles. The topological polar surface area (TPSA) is 64.7 Å². The molecule has 0 fully saturated rings. The number of rotatable bonds is 0. The molecule has 6 nitrogen and oxygen atoms in total. The molecule has 2 heterocycles. The predicted octanol–water partition coefficient (Wildman–Crippen LogP) is 0.103. The van der Waals surface area contributed by atoms with Crippen molar-refractivity contribution in [3.8, 4) is 0 Å². The fraction of sp³-hybridized carbons (Fsp3) is 0.556. The van der Waals surface area contributed by atoms with Gasteiger partial charge in [-0.1, -0.05) is 0 Å². The zero-order chi connectivity index (χ0) is 11.0. The van der Waals surface area contributed by atoms with Gasteiger partial charge in [-0.05, 0) is 0 Å². The molecule has 1 aromatic rings. The van der Waals surface area contributed by atoms with Gasteiger partial charge in [0.15, 0.2) is 0 Å². The summed E-state index contributed by atoms with van der Waals surface area (Å²) in [4.78, 5) is 24.3. The summed E-state index contributed by atoms with van der Waals surface area (Å²) in [5.41, 5.74) is 0.368. The van der Waals surface area contributed by atoms with Crippen LogP contribution in [0.2, 0.25) is 0 Å². The Hall–Kier alpha value is -1.72. The van der Waals surface area contributed by atoms with Crippen LogP contribution in [0.25, 0.3) is 0 Å². The van der Waals surface area contributed by atoms with Crippen molar-refractivity contribution in [2.24, 2.45) is 7.05 Å². The van der Waals surface area contributed by atoms with Gasteiger partial charge >= 0.3 is 6.09 Å². The average Bonchev–Trinajstić information content (AvgIpc) is 2.54. The lowest BCUT2D eigenvalue weighted by molar-refractivity contribution is 0.116. The molecule has 0 spiro atoms. The number of aryl methyl sites for hydroxylation is 1. The normalized spacial score (nSPS) is 14.9. The minimum Gasteiger partial charge on any atom is -0.453 e. The van der Waals surface area contributed by atoms with E-state index in [1.54, 1.807) is 7.05 Å². The fourth-order valence-corrected chi connectivity index (χ4v) is 1.71. The second kappa shape index (κ2) is 3.45. The molecule has 0 aliphatic carbocycles. The number of ether oxygens (including phenoxy) is 1. The van der Waals surface area contributed by atoms with Gasteiger partial charge in [-0.3, -0.25) is 4.79 Å². The smallest absolute Gasteiger partial charge is 0.409 e. The van der Waals surface area contributed by atoms with Crippen LogP contribution in [0.5, 0.6) is 0 Å². The first kappa shape index (κ1) is 9.82. The molecule has 0 atom stereocenters. The molecule has 2 rings (SSSR count). The van der Waals surface area contributed by atoms with Crippen molar-refractivity contribution < 1.29 is 14.1 Å². The van der Waals surface area contributed by atoms with E-state index in [0.29, 0.717) is 24.3 Å². The molecule has 0 saturated heterocycles. The molecular weight excluding hydrogens is 200 g/mol. The largest absolute Gasteiger partial charge is 0.453 e. The standard InChI is InChI=1S/C9H12N2O4/c1-10-8(12)6-5-11(9(13)14-2)4-3-7(6)15-10/h3-5H2,1-2H3. The van der Waals surface area contributed by atoms with Crippen molar-refractivity contribution in [3.63, 3.8) is 0 Å². The van der Waals surface area contributed by atoms with E-state index in [9.17, 15) is 9.59 Å². The summed E-state index contributed by atoms with van der Waals surface area (Å²) in [5, 5.41) is 0. The summed E-state index contributed by atoms with van der Waals surface area (Å²) in [7, 11) is 2.88. The zero-order valence-electron chi connectivity index (χ0n) is 8.65. The summed E-state index contributed by atoms with van der Waals surface area (Å²) in [6.07, 6.45) is 0.143. The minimum atomic E-state index is -0.413. The number of carbonyl (C=O) groups excluding carboxylic acids is 1. The van der Waals surface area contributed by atoms with Gasteiger partial charge in [0.25, 0.3) is 5.56 Å². The molecule has 0 radical (unpaired) electrons. The Bertz CT molecular complexity index is 445. The summed E-state index contributed by atoms with van der Waals surface area (Å²) < 4.78 is 11.0. The first-order chi connectivity index (χ1) is 7.13. The Morgan fingerprint density at radius 1 is 1.53 bits per heavy atom. The predicted molar refractivity (Wildman–Crippen MR) is 50.5 cm³/mol. The molecule has 82 valence electrons. The maximum Gasteiger partial charge on any atom is 0.409 e. The number of amides is 1. The number of hydrogen-bond donors (Lipinski definition) is 0. The maximum absolute atomic E-state index is 11.6. The van der Waals surface area contributed by atoms with Crippen molar-refractivity contribution in [2.45, 2.75) is 13.0 Å². The monoisotopic (exact) mass is 212 g/mol. The first-order valence-corrected chi connectivity index (χ1v) is 4.64. The lowest BCUT2D eigenvalue weighted by Crippen LogP contribution is -2.37. The number of carbonyl (C=O) groups is 1. The quantitative estimate of drug-likeness (QED) is 0.612. The summed E-state index contributed by atoms with van der Waals surface area (Å²) >= 11 is 0. The molecule has 15 heavy (non-hydrogen) atoms. The average molecular weight is 212 g/mol. The van der Waals surface area contributed by atoms with Crippen molar-refractivity contribution in [1.29, 1.82) is 0 Å². The van der Waals surface area contributed by atoms with Gasteiger partial charge in [0.05, 0.1) is 19.2 Å². The van der Waals surface area contributed by atoms with Crippen LogP contribution in [0.3, 0.4) is 0 Å². The van der Waals surface area contributed by atoms with E-state index in [1.165, 1.54) is 16.7 Å². The van der Waals surface area contributed by atoms with E-state index in [2.05, 4.69) is 4.74 Å². The first-order valence-electron chi connectivity index (χ1n) is 4.64. The van der Waals surface area contributed by atoms with E-state index in [0.717, 1.165) is 0 Å². The molecule has 1 aliphatic rings. The highest BCUT2D eigenvalue weighted by molar-refractivity contribution is 5.67. The Kier molecular flexibility index (Phi) is 2.26. The third-order valence-electron chi connectivity index (χ3n) is 2.52. The summed E-state index contributed by atoms with van der Waals surface area (Å²) in [6.45, 7) is 0.789. The van der Waals surface area contributed by atoms with Gasteiger partial charge in [-0.2, -0.15) is 4.74 Å². The third-order valence-corrected chi connectivity index (χ3v) is 2.52. The van der Waals surface area contributed by atoms with Crippen LogP contribution in [-0.2, 0) is 24.8 Å². The van der Waals surface area contributed by atoms with Gasteiger partial charge in [-0.25, -0.2) is 4.79 Å². The molecular formula is C9H12N2O4. The van der Waals surface area contributed by atoms with Gasteiger partial charge < -0.3 is 14.2 Å². The molecule has 0 bridgehead atoms. The van der Waals surface area contributed by atoms with Crippen molar-refractivity contribution in [2.75, 3.05) is 13.7 Å². The fourth-order valence-electron chi connectivity index (χ4n) is 1.71. The lowest BCUT2D eigenvalue weighted by Gasteiger charge is -2.23. The second-order valence-corrected chi connectivity index (χ2v) is 3.44. The highest BCUT2D eigenvalue weighted by atomic mass is 16.5.